The zero-order valence-corrected chi connectivity index (χ0v) is 10.3. The molecule has 0 saturated carbocycles. The van der Waals surface area contributed by atoms with Crippen LogP contribution >= 0.6 is 11.8 Å². The SMILES string of the molecule is Cc1ccc(Sc2nc(F)c(C#N)cc2F)cc1. The van der Waals surface area contributed by atoms with Gasteiger partial charge >= 0.3 is 0 Å². The first-order chi connectivity index (χ1) is 8.60. The molecule has 0 amide bonds. The molecule has 2 rings (SSSR count). The fourth-order valence-electron chi connectivity index (χ4n) is 1.32. The number of aryl methyl sites for hydroxylation is 1. The predicted octanol–water partition coefficient (Wildman–Crippen LogP) is 3.69. The number of pyridine rings is 1. The van der Waals surface area contributed by atoms with Gasteiger partial charge in [-0.15, -0.1) is 0 Å². The Morgan fingerprint density at radius 2 is 1.89 bits per heavy atom. The van der Waals surface area contributed by atoms with Gasteiger partial charge in [-0.2, -0.15) is 9.65 Å². The Balaban J connectivity index is 2.32. The van der Waals surface area contributed by atoms with E-state index in [2.05, 4.69) is 4.98 Å². The molecule has 0 fully saturated rings. The number of halogens is 2. The first kappa shape index (κ1) is 12.5. The standard InChI is InChI=1S/C13H8F2N2S/c1-8-2-4-10(5-3-8)18-13-11(14)6-9(7-16)12(15)17-13/h2-6H,1H3. The van der Waals surface area contributed by atoms with Crippen LogP contribution < -0.4 is 0 Å². The van der Waals surface area contributed by atoms with Crippen molar-refractivity contribution in [2.75, 3.05) is 0 Å². The van der Waals surface area contributed by atoms with Crippen LogP contribution in [0, 0.1) is 30.0 Å². The van der Waals surface area contributed by atoms with E-state index < -0.39 is 11.8 Å². The molecule has 5 heteroatoms. The molecule has 1 aromatic heterocycles. The Bertz CT molecular complexity index is 618. The summed E-state index contributed by atoms with van der Waals surface area (Å²) < 4.78 is 26.9. The monoisotopic (exact) mass is 262 g/mol. The average molecular weight is 262 g/mol. The number of hydrogen-bond acceptors (Lipinski definition) is 3. The maximum absolute atomic E-state index is 13.6. The van der Waals surface area contributed by atoms with Gasteiger partial charge in [0.25, 0.3) is 0 Å². The summed E-state index contributed by atoms with van der Waals surface area (Å²) in [6, 6.07) is 9.76. The molecule has 90 valence electrons. The van der Waals surface area contributed by atoms with E-state index in [0.29, 0.717) is 0 Å². The van der Waals surface area contributed by atoms with Gasteiger partial charge in [-0.05, 0) is 25.1 Å². The van der Waals surface area contributed by atoms with Crippen LogP contribution in [0.5, 0.6) is 0 Å². The van der Waals surface area contributed by atoms with Gasteiger partial charge in [0, 0.05) is 4.90 Å². The maximum atomic E-state index is 13.6. The van der Waals surface area contributed by atoms with E-state index in [9.17, 15) is 8.78 Å². The first-order valence-electron chi connectivity index (χ1n) is 5.11. The lowest BCUT2D eigenvalue weighted by atomic mass is 10.2. The van der Waals surface area contributed by atoms with Gasteiger partial charge in [-0.3, -0.25) is 0 Å². The molecule has 0 aliphatic heterocycles. The summed E-state index contributed by atoms with van der Waals surface area (Å²) in [5.74, 6) is -1.65. The summed E-state index contributed by atoms with van der Waals surface area (Å²) in [6.45, 7) is 1.94. The van der Waals surface area contributed by atoms with Gasteiger partial charge in [0.05, 0.1) is 0 Å². The van der Waals surface area contributed by atoms with E-state index in [1.165, 1.54) is 0 Å². The molecule has 0 unspecified atom stereocenters. The van der Waals surface area contributed by atoms with Crippen LogP contribution in [0.4, 0.5) is 8.78 Å². The van der Waals surface area contributed by atoms with Crippen molar-refractivity contribution in [3.8, 4) is 6.07 Å². The van der Waals surface area contributed by atoms with Crippen LogP contribution in [0.3, 0.4) is 0 Å². The molecule has 0 N–H and O–H groups in total. The van der Waals surface area contributed by atoms with E-state index in [1.54, 1.807) is 18.2 Å². The molecule has 0 aliphatic rings. The molecule has 1 aromatic carbocycles. The number of aromatic nitrogens is 1. The molecule has 2 aromatic rings. The van der Waals surface area contributed by atoms with Crippen molar-refractivity contribution >= 4 is 11.8 Å². The van der Waals surface area contributed by atoms with E-state index in [-0.39, 0.29) is 10.6 Å². The Morgan fingerprint density at radius 3 is 2.50 bits per heavy atom. The van der Waals surface area contributed by atoms with Gasteiger partial charge in [0.1, 0.15) is 16.7 Å². The van der Waals surface area contributed by atoms with Crippen molar-refractivity contribution in [2.24, 2.45) is 0 Å². The van der Waals surface area contributed by atoms with Crippen molar-refractivity contribution in [1.29, 1.82) is 5.26 Å². The minimum atomic E-state index is -0.950. The molecule has 0 radical (unpaired) electrons. The highest BCUT2D eigenvalue weighted by Gasteiger charge is 2.12. The topological polar surface area (TPSA) is 36.7 Å². The van der Waals surface area contributed by atoms with Gasteiger partial charge < -0.3 is 0 Å². The van der Waals surface area contributed by atoms with Crippen LogP contribution in [0.25, 0.3) is 0 Å². The van der Waals surface area contributed by atoms with Crippen molar-refractivity contribution in [3.63, 3.8) is 0 Å². The molecule has 0 spiro atoms. The van der Waals surface area contributed by atoms with Crippen LogP contribution in [0.15, 0.2) is 40.3 Å². The van der Waals surface area contributed by atoms with Crippen LogP contribution in [0.1, 0.15) is 11.1 Å². The molecular formula is C13H8F2N2S. The summed E-state index contributed by atoms with van der Waals surface area (Å²) in [5, 5.41) is 8.48. The van der Waals surface area contributed by atoms with Crippen LogP contribution in [-0.2, 0) is 0 Å². The molecule has 1 heterocycles. The van der Waals surface area contributed by atoms with E-state index in [0.717, 1.165) is 28.3 Å². The highest BCUT2D eigenvalue weighted by molar-refractivity contribution is 7.99. The number of hydrogen-bond donors (Lipinski definition) is 0. The second-order valence-electron chi connectivity index (χ2n) is 3.64. The summed E-state index contributed by atoms with van der Waals surface area (Å²) in [5.41, 5.74) is 0.694. The quantitative estimate of drug-likeness (QED) is 0.774. The van der Waals surface area contributed by atoms with Crippen molar-refractivity contribution in [1.82, 2.24) is 4.98 Å². The number of rotatable bonds is 2. The lowest BCUT2D eigenvalue weighted by Gasteiger charge is -2.03. The Kier molecular flexibility index (Phi) is 3.58. The third-order valence-corrected chi connectivity index (χ3v) is 3.24. The normalized spacial score (nSPS) is 10.1. The van der Waals surface area contributed by atoms with Crippen molar-refractivity contribution in [3.05, 3.63) is 53.2 Å². The van der Waals surface area contributed by atoms with Gasteiger partial charge in [0.15, 0.2) is 5.82 Å². The number of benzene rings is 1. The zero-order valence-electron chi connectivity index (χ0n) is 9.45. The first-order valence-corrected chi connectivity index (χ1v) is 5.92. The van der Waals surface area contributed by atoms with E-state index in [1.807, 2.05) is 19.1 Å². The second-order valence-corrected chi connectivity index (χ2v) is 4.70. The van der Waals surface area contributed by atoms with Crippen LogP contribution in [0.2, 0.25) is 0 Å². The molecule has 0 saturated heterocycles. The minimum absolute atomic E-state index is 0.0737. The maximum Gasteiger partial charge on any atom is 0.232 e. The Hall–Kier alpha value is -1.93. The highest BCUT2D eigenvalue weighted by Crippen LogP contribution is 2.29. The molecule has 0 bridgehead atoms. The summed E-state index contributed by atoms with van der Waals surface area (Å²) >= 11 is 1.02. The van der Waals surface area contributed by atoms with E-state index >= 15 is 0 Å². The van der Waals surface area contributed by atoms with Gasteiger partial charge in [-0.25, -0.2) is 9.37 Å². The molecule has 0 atom stereocenters. The number of nitriles is 1. The summed E-state index contributed by atoms with van der Waals surface area (Å²) in [6.07, 6.45) is 0. The Morgan fingerprint density at radius 1 is 1.22 bits per heavy atom. The number of nitrogens with zero attached hydrogens (tertiary/aromatic N) is 2. The molecule has 2 nitrogen and oxygen atoms in total. The second kappa shape index (κ2) is 5.15. The summed E-state index contributed by atoms with van der Waals surface area (Å²) in [7, 11) is 0. The summed E-state index contributed by atoms with van der Waals surface area (Å²) in [4.78, 5) is 4.22. The van der Waals surface area contributed by atoms with Gasteiger partial charge in [-0.1, -0.05) is 29.5 Å². The fraction of sp³-hybridized carbons (Fsp3) is 0.0769. The molecule has 0 aliphatic carbocycles. The highest BCUT2D eigenvalue weighted by atomic mass is 32.2. The third-order valence-electron chi connectivity index (χ3n) is 2.25. The third kappa shape index (κ3) is 2.66. The van der Waals surface area contributed by atoms with E-state index in [4.69, 9.17) is 5.26 Å². The Labute approximate surface area is 107 Å². The molecule has 18 heavy (non-hydrogen) atoms. The predicted molar refractivity (Wildman–Crippen MR) is 64.2 cm³/mol. The lowest BCUT2D eigenvalue weighted by Crippen LogP contribution is -1.95. The van der Waals surface area contributed by atoms with Crippen molar-refractivity contribution < 1.29 is 8.78 Å². The van der Waals surface area contributed by atoms with Crippen molar-refractivity contribution in [2.45, 2.75) is 16.8 Å². The minimum Gasteiger partial charge on any atom is -0.209 e. The average Bonchev–Trinajstić information content (AvgIpc) is 2.36. The van der Waals surface area contributed by atoms with Crippen LogP contribution in [-0.4, -0.2) is 4.98 Å². The fourth-order valence-corrected chi connectivity index (χ4v) is 2.10. The van der Waals surface area contributed by atoms with Gasteiger partial charge in [0.2, 0.25) is 5.95 Å². The molecular weight excluding hydrogens is 254 g/mol. The smallest absolute Gasteiger partial charge is 0.209 e. The largest absolute Gasteiger partial charge is 0.232 e. The lowest BCUT2D eigenvalue weighted by molar-refractivity contribution is 0.527. The zero-order chi connectivity index (χ0) is 13.1.